The highest BCUT2D eigenvalue weighted by molar-refractivity contribution is 7.26. The van der Waals surface area contributed by atoms with Gasteiger partial charge >= 0.3 is 0 Å². The van der Waals surface area contributed by atoms with E-state index in [2.05, 4.69) is 200 Å². The minimum atomic E-state index is 1.02. The summed E-state index contributed by atoms with van der Waals surface area (Å²) in [5.41, 5.74) is 13.0. The van der Waals surface area contributed by atoms with Gasteiger partial charge in [0.2, 0.25) is 0 Å². The molecule has 0 aliphatic heterocycles. The summed E-state index contributed by atoms with van der Waals surface area (Å²) in [6.07, 6.45) is 4.38. The molecule has 11 aromatic rings. The van der Waals surface area contributed by atoms with Crippen molar-refractivity contribution in [3.8, 4) is 49.6 Å². The molecule has 0 fully saturated rings. The summed E-state index contributed by atoms with van der Waals surface area (Å²) in [6, 6.07) is 63.9. The molecule has 2 nitrogen and oxygen atoms in total. The van der Waals surface area contributed by atoms with E-state index >= 15 is 0 Å². The van der Waals surface area contributed by atoms with E-state index in [1.807, 2.05) is 11.3 Å². The minimum Gasteiger partial charge on any atom is -0.309 e. The third-order valence-corrected chi connectivity index (χ3v) is 13.2. The van der Waals surface area contributed by atoms with Crippen molar-refractivity contribution in [3.05, 3.63) is 188 Å². The Morgan fingerprint density at radius 3 is 2.04 bits per heavy atom. The van der Waals surface area contributed by atoms with Crippen molar-refractivity contribution in [2.45, 2.75) is 6.92 Å². The number of hydrogen-bond acceptors (Lipinski definition) is 3. The molecule has 11 rings (SSSR count). The summed E-state index contributed by atoms with van der Waals surface area (Å²) >= 11 is 3.65. The van der Waals surface area contributed by atoms with Crippen LogP contribution in [0.1, 0.15) is 12.6 Å². The molecule has 0 amide bonds. The quantitative estimate of drug-likeness (QED) is 0.165. The van der Waals surface area contributed by atoms with Crippen LogP contribution in [0, 0.1) is 0 Å². The zero-order valence-corrected chi connectivity index (χ0v) is 32.2. The van der Waals surface area contributed by atoms with Crippen molar-refractivity contribution >= 4 is 80.8 Å². The second-order valence-corrected chi connectivity index (χ2v) is 16.3. The Bertz CT molecular complexity index is 3290. The lowest BCUT2D eigenvalue weighted by Crippen LogP contribution is -1.96. The smallest absolute Gasteiger partial charge is 0.124 e. The Hall–Kier alpha value is -6.59. The molecule has 0 saturated carbocycles. The number of para-hydroxylation sites is 1. The van der Waals surface area contributed by atoms with E-state index in [-0.39, 0.29) is 0 Å². The van der Waals surface area contributed by atoms with Gasteiger partial charge in [0.15, 0.2) is 0 Å². The molecule has 3 aromatic heterocycles. The average molecular weight is 751 g/mol. The van der Waals surface area contributed by atoms with E-state index in [1.165, 1.54) is 80.1 Å². The van der Waals surface area contributed by atoms with Crippen molar-refractivity contribution < 1.29 is 0 Å². The van der Waals surface area contributed by atoms with E-state index in [0.29, 0.717) is 0 Å². The summed E-state index contributed by atoms with van der Waals surface area (Å²) in [4.78, 5) is 5.55. The molecule has 0 spiro atoms. The fourth-order valence-corrected chi connectivity index (χ4v) is 10.6. The van der Waals surface area contributed by atoms with Crippen molar-refractivity contribution in [1.29, 1.82) is 0 Å². The van der Waals surface area contributed by atoms with Crippen molar-refractivity contribution in [2.75, 3.05) is 0 Å². The maximum atomic E-state index is 5.55. The number of hydrogen-bond donors (Lipinski definition) is 0. The van der Waals surface area contributed by atoms with E-state index in [9.17, 15) is 0 Å². The SMILES string of the molecule is C/C=C\c1c(-c2ccccc2)c2ccc(-c3nc4c(s3)c(-c3ccc(-c5ccc6ccccc6c5)cc3)cc3sc5ccccc5c34)cc2n1-c1ccccc1. The Morgan fingerprint density at radius 1 is 0.518 bits per heavy atom. The molecular weight excluding hydrogens is 717 g/mol. The first-order valence-corrected chi connectivity index (χ1v) is 20.6. The molecule has 3 heterocycles. The molecule has 0 atom stereocenters. The molecule has 264 valence electrons. The number of aromatic nitrogens is 2. The first-order valence-electron chi connectivity index (χ1n) is 19.0. The molecule has 56 heavy (non-hydrogen) atoms. The molecule has 0 bridgehead atoms. The standard InChI is InChI=1S/C52H34N2S2/c1-2-13-44-48(36-15-5-3-6-16-36)41-29-28-39(31-45(41)54(44)40-18-7-4-8-19-40)52-53-50-49-42-20-11-12-21-46(42)55-47(49)32-43(51(50)56-52)35-25-22-34(23-26-35)38-27-24-33-14-9-10-17-37(33)30-38/h2-32H,1H3/b13-2-. The maximum Gasteiger partial charge on any atom is 0.124 e. The van der Waals surface area contributed by atoms with Gasteiger partial charge in [-0.1, -0.05) is 146 Å². The van der Waals surface area contributed by atoms with Crippen molar-refractivity contribution in [2.24, 2.45) is 0 Å². The number of benzene rings is 8. The second-order valence-electron chi connectivity index (χ2n) is 14.3. The van der Waals surface area contributed by atoms with Gasteiger partial charge in [-0.2, -0.15) is 0 Å². The van der Waals surface area contributed by atoms with Crippen LogP contribution in [0.2, 0.25) is 0 Å². The zero-order valence-electron chi connectivity index (χ0n) is 30.6. The lowest BCUT2D eigenvalue weighted by atomic mass is 9.97. The summed E-state index contributed by atoms with van der Waals surface area (Å²) in [7, 11) is 0. The van der Waals surface area contributed by atoms with Crippen molar-refractivity contribution in [3.63, 3.8) is 0 Å². The highest BCUT2D eigenvalue weighted by atomic mass is 32.1. The van der Waals surface area contributed by atoms with Gasteiger partial charge in [0, 0.05) is 47.9 Å². The van der Waals surface area contributed by atoms with Gasteiger partial charge in [-0.3, -0.25) is 0 Å². The lowest BCUT2D eigenvalue weighted by molar-refractivity contribution is 1.11. The third kappa shape index (κ3) is 5.33. The number of fused-ring (bicyclic) bond motifs is 7. The van der Waals surface area contributed by atoms with Gasteiger partial charge in [-0.25, -0.2) is 4.98 Å². The number of thiazole rings is 1. The summed E-state index contributed by atoms with van der Waals surface area (Å²) in [5, 5.41) is 7.27. The summed E-state index contributed by atoms with van der Waals surface area (Å²) in [5.74, 6) is 0. The van der Waals surface area contributed by atoms with Crippen LogP contribution in [0.4, 0.5) is 0 Å². The van der Waals surface area contributed by atoms with Gasteiger partial charge in [0.05, 0.1) is 21.4 Å². The second kappa shape index (κ2) is 13.3. The first-order chi connectivity index (χ1) is 27.7. The van der Waals surface area contributed by atoms with Crippen LogP contribution in [0.3, 0.4) is 0 Å². The van der Waals surface area contributed by atoms with Crippen LogP contribution >= 0.6 is 22.7 Å². The monoisotopic (exact) mass is 750 g/mol. The normalized spacial score (nSPS) is 11.9. The Morgan fingerprint density at radius 2 is 1.21 bits per heavy atom. The van der Waals surface area contributed by atoms with Crippen LogP contribution in [-0.2, 0) is 0 Å². The molecule has 0 saturated heterocycles. The topological polar surface area (TPSA) is 17.8 Å². The van der Waals surface area contributed by atoms with Crippen LogP contribution in [0.5, 0.6) is 0 Å². The number of thiophene rings is 1. The molecule has 4 heteroatoms. The third-order valence-electron chi connectivity index (χ3n) is 10.9. The number of rotatable bonds is 6. The number of allylic oxidation sites excluding steroid dienone is 1. The van der Waals surface area contributed by atoms with Crippen LogP contribution in [-0.4, -0.2) is 9.55 Å². The number of nitrogens with zero attached hydrogens (tertiary/aromatic N) is 2. The molecule has 0 aliphatic rings. The zero-order chi connectivity index (χ0) is 37.2. The molecule has 0 unspecified atom stereocenters. The van der Waals surface area contributed by atoms with Gasteiger partial charge in [-0.15, -0.1) is 22.7 Å². The molecule has 0 radical (unpaired) electrons. The predicted molar refractivity (Wildman–Crippen MR) is 243 cm³/mol. The average Bonchev–Trinajstić information content (AvgIpc) is 3.96. The molecular formula is C52H34N2S2. The van der Waals surface area contributed by atoms with Gasteiger partial charge < -0.3 is 4.57 Å². The van der Waals surface area contributed by atoms with Crippen LogP contribution in [0.25, 0.3) is 108 Å². The van der Waals surface area contributed by atoms with E-state index < -0.39 is 0 Å². The van der Waals surface area contributed by atoms with E-state index in [1.54, 1.807) is 11.3 Å². The van der Waals surface area contributed by atoms with Crippen LogP contribution < -0.4 is 0 Å². The Labute approximate surface area is 332 Å². The largest absolute Gasteiger partial charge is 0.309 e. The van der Waals surface area contributed by atoms with Gasteiger partial charge in [-0.05, 0) is 82.4 Å². The maximum absolute atomic E-state index is 5.55. The highest BCUT2D eigenvalue weighted by Crippen LogP contribution is 2.47. The van der Waals surface area contributed by atoms with E-state index in [4.69, 9.17) is 4.98 Å². The molecule has 0 aliphatic carbocycles. The Balaban J connectivity index is 1.12. The van der Waals surface area contributed by atoms with Gasteiger partial charge in [0.1, 0.15) is 5.01 Å². The fourth-order valence-electron chi connectivity index (χ4n) is 8.35. The predicted octanol–water partition coefficient (Wildman–Crippen LogP) is 15.5. The Kier molecular flexibility index (Phi) is 7.80. The summed E-state index contributed by atoms with van der Waals surface area (Å²) in [6.45, 7) is 2.10. The van der Waals surface area contributed by atoms with E-state index in [0.717, 1.165) is 27.3 Å². The highest BCUT2D eigenvalue weighted by Gasteiger charge is 2.22. The first kappa shape index (κ1) is 32.8. The molecule has 0 N–H and O–H groups in total. The van der Waals surface area contributed by atoms with Gasteiger partial charge in [0.25, 0.3) is 0 Å². The van der Waals surface area contributed by atoms with Crippen LogP contribution in [0.15, 0.2) is 182 Å². The molecule has 8 aromatic carbocycles. The lowest BCUT2D eigenvalue weighted by Gasteiger charge is -2.10. The van der Waals surface area contributed by atoms with Crippen molar-refractivity contribution in [1.82, 2.24) is 9.55 Å². The minimum absolute atomic E-state index is 1.02. The fraction of sp³-hybridized carbons (Fsp3) is 0.0192. The summed E-state index contributed by atoms with van der Waals surface area (Å²) < 4.78 is 6.17.